The van der Waals surface area contributed by atoms with E-state index >= 15 is 0 Å². The molecule has 1 saturated carbocycles. The Balaban J connectivity index is 2.32. The van der Waals surface area contributed by atoms with Crippen LogP contribution in [-0.4, -0.2) is 23.0 Å². The monoisotopic (exact) mass is 236 g/mol. The van der Waals surface area contributed by atoms with Crippen molar-refractivity contribution in [3.63, 3.8) is 0 Å². The number of H-pyrrole nitrogens is 1. The number of aryl methyl sites for hydroxylation is 2. The SMILES string of the molecule is CCCc1nc(C2(C(=O)OC)CCC2)[nH]c1C. The van der Waals surface area contributed by atoms with Gasteiger partial charge in [0.1, 0.15) is 11.2 Å². The number of carbonyl (C=O) groups is 1. The first-order valence-corrected chi connectivity index (χ1v) is 6.28. The molecule has 1 aromatic rings. The molecule has 4 heteroatoms. The smallest absolute Gasteiger partial charge is 0.319 e. The van der Waals surface area contributed by atoms with Crippen molar-refractivity contribution >= 4 is 5.97 Å². The molecule has 0 bridgehead atoms. The van der Waals surface area contributed by atoms with Crippen molar-refractivity contribution in [2.24, 2.45) is 0 Å². The third kappa shape index (κ3) is 1.85. The highest BCUT2D eigenvalue weighted by atomic mass is 16.5. The van der Waals surface area contributed by atoms with Crippen LogP contribution in [0.4, 0.5) is 0 Å². The number of nitrogens with one attached hydrogen (secondary N) is 1. The highest BCUT2D eigenvalue weighted by Crippen LogP contribution is 2.43. The molecule has 0 radical (unpaired) electrons. The summed E-state index contributed by atoms with van der Waals surface area (Å²) >= 11 is 0. The van der Waals surface area contributed by atoms with Gasteiger partial charge in [0.25, 0.3) is 0 Å². The van der Waals surface area contributed by atoms with Crippen LogP contribution in [0.2, 0.25) is 0 Å². The molecule has 0 aromatic carbocycles. The summed E-state index contributed by atoms with van der Waals surface area (Å²) in [4.78, 5) is 19.8. The van der Waals surface area contributed by atoms with E-state index in [0.717, 1.165) is 49.3 Å². The van der Waals surface area contributed by atoms with E-state index in [2.05, 4.69) is 16.9 Å². The molecule has 1 aliphatic rings. The van der Waals surface area contributed by atoms with Crippen molar-refractivity contribution in [2.75, 3.05) is 7.11 Å². The summed E-state index contributed by atoms with van der Waals surface area (Å²) in [6.07, 6.45) is 4.78. The second kappa shape index (κ2) is 4.51. The maximum absolute atomic E-state index is 11.9. The average Bonchev–Trinajstić information content (AvgIpc) is 2.59. The molecule has 4 nitrogen and oxygen atoms in total. The van der Waals surface area contributed by atoms with Gasteiger partial charge in [-0.15, -0.1) is 0 Å². The van der Waals surface area contributed by atoms with Crippen LogP contribution in [-0.2, 0) is 21.4 Å². The lowest BCUT2D eigenvalue weighted by Crippen LogP contribution is -2.44. The van der Waals surface area contributed by atoms with Gasteiger partial charge in [0, 0.05) is 5.69 Å². The van der Waals surface area contributed by atoms with Crippen LogP contribution in [0.15, 0.2) is 0 Å². The standard InChI is InChI=1S/C13H20N2O2/c1-4-6-10-9(2)14-11(15-10)13(7-5-8-13)12(16)17-3/h4-8H2,1-3H3,(H,14,15). The molecular formula is C13H20N2O2. The van der Waals surface area contributed by atoms with Gasteiger partial charge in [-0.3, -0.25) is 4.79 Å². The van der Waals surface area contributed by atoms with E-state index in [1.807, 2.05) is 6.92 Å². The zero-order valence-electron chi connectivity index (χ0n) is 10.8. The number of ether oxygens (including phenoxy) is 1. The van der Waals surface area contributed by atoms with Gasteiger partial charge in [-0.05, 0) is 26.2 Å². The fourth-order valence-corrected chi connectivity index (χ4v) is 2.47. The van der Waals surface area contributed by atoms with Crippen molar-refractivity contribution < 1.29 is 9.53 Å². The van der Waals surface area contributed by atoms with E-state index in [4.69, 9.17) is 4.74 Å². The van der Waals surface area contributed by atoms with Crippen LogP contribution < -0.4 is 0 Å². The molecule has 17 heavy (non-hydrogen) atoms. The number of hydrogen-bond donors (Lipinski definition) is 1. The van der Waals surface area contributed by atoms with Crippen molar-refractivity contribution in [3.05, 3.63) is 17.2 Å². The Bertz CT molecular complexity index is 419. The minimum atomic E-state index is -0.495. The quantitative estimate of drug-likeness (QED) is 0.816. The number of hydrogen-bond acceptors (Lipinski definition) is 3. The van der Waals surface area contributed by atoms with Gasteiger partial charge in [-0.2, -0.15) is 0 Å². The first-order chi connectivity index (χ1) is 8.14. The van der Waals surface area contributed by atoms with Crippen molar-refractivity contribution in [3.8, 4) is 0 Å². The fourth-order valence-electron chi connectivity index (χ4n) is 2.47. The van der Waals surface area contributed by atoms with Gasteiger partial charge in [0.05, 0.1) is 12.8 Å². The second-order valence-electron chi connectivity index (χ2n) is 4.83. The normalized spacial score (nSPS) is 17.6. The Morgan fingerprint density at radius 3 is 2.71 bits per heavy atom. The van der Waals surface area contributed by atoms with Gasteiger partial charge in [0.15, 0.2) is 0 Å². The Morgan fingerprint density at radius 1 is 1.53 bits per heavy atom. The summed E-state index contributed by atoms with van der Waals surface area (Å²) < 4.78 is 4.92. The zero-order chi connectivity index (χ0) is 12.5. The third-order valence-corrected chi connectivity index (χ3v) is 3.71. The number of nitrogens with zero attached hydrogens (tertiary/aromatic N) is 1. The first kappa shape index (κ1) is 12.1. The molecule has 1 aromatic heterocycles. The maximum Gasteiger partial charge on any atom is 0.319 e. The lowest BCUT2D eigenvalue weighted by Gasteiger charge is -2.36. The molecule has 0 aliphatic heterocycles. The Morgan fingerprint density at radius 2 is 2.24 bits per heavy atom. The molecule has 1 fully saturated rings. The topological polar surface area (TPSA) is 55.0 Å². The van der Waals surface area contributed by atoms with E-state index in [1.165, 1.54) is 7.11 Å². The Hall–Kier alpha value is -1.32. The van der Waals surface area contributed by atoms with Gasteiger partial charge >= 0.3 is 5.97 Å². The summed E-state index contributed by atoms with van der Waals surface area (Å²) in [7, 11) is 1.45. The summed E-state index contributed by atoms with van der Waals surface area (Å²) in [5.41, 5.74) is 1.67. The third-order valence-electron chi connectivity index (χ3n) is 3.71. The van der Waals surface area contributed by atoms with Crippen LogP contribution in [0.5, 0.6) is 0 Å². The molecule has 0 amide bonds. The van der Waals surface area contributed by atoms with E-state index in [1.54, 1.807) is 0 Å². The lowest BCUT2D eigenvalue weighted by molar-refractivity contribution is -0.151. The molecule has 0 atom stereocenters. The lowest BCUT2D eigenvalue weighted by atomic mass is 9.68. The van der Waals surface area contributed by atoms with Crippen LogP contribution in [0.3, 0.4) is 0 Å². The highest BCUT2D eigenvalue weighted by molar-refractivity contribution is 5.83. The number of aromatic amines is 1. The van der Waals surface area contributed by atoms with Crippen LogP contribution >= 0.6 is 0 Å². The van der Waals surface area contributed by atoms with Gasteiger partial charge < -0.3 is 9.72 Å². The number of methoxy groups -OCH3 is 1. The summed E-state index contributed by atoms with van der Waals surface area (Å²) in [6.45, 7) is 4.15. The summed E-state index contributed by atoms with van der Waals surface area (Å²) in [5.74, 6) is 0.650. The maximum atomic E-state index is 11.9. The number of carbonyl (C=O) groups excluding carboxylic acids is 1. The molecule has 0 spiro atoms. The fraction of sp³-hybridized carbons (Fsp3) is 0.692. The number of imidazole rings is 1. The molecule has 94 valence electrons. The van der Waals surface area contributed by atoms with Gasteiger partial charge in [-0.25, -0.2) is 4.98 Å². The van der Waals surface area contributed by atoms with Gasteiger partial charge in [-0.1, -0.05) is 19.8 Å². The van der Waals surface area contributed by atoms with Crippen molar-refractivity contribution in [1.29, 1.82) is 0 Å². The molecule has 1 N–H and O–H groups in total. The molecule has 0 unspecified atom stereocenters. The van der Waals surface area contributed by atoms with E-state index in [9.17, 15) is 4.79 Å². The largest absolute Gasteiger partial charge is 0.468 e. The number of rotatable bonds is 4. The predicted octanol–water partition coefficient (Wildman–Crippen LogP) is 2.27. The predicted molar refractivity (Wildman–Crippen MR) is 64.9 cm³/mol. The van der Waals surface area contributed by atoms with Crippen LogP contribution in [0, 0.1) is 6.92 Å². The molecule has 1 heterocycles. The van der Waals surface area contributed by atoms with Crippen LogP contribution in [0.25, 0.3) is 0 Å². The molecule has 2 rings (SSSR count). The van der Waals surface area contributed by atoms with Crippen molar-refractivity contribution in [1.82, 2.24) is 9.97 Å². The first-order valence-electron chi connectivity index (χ1n) is 6.28. The molecule has 1 aliphatic carbocycles. The van der Waals surface area contributed by atoms with Gasteiger partial charge in [0.2, 0.25) is 0 Å². The minimum Gasteiger partial charge on any atom is -0.468 e. The number of esters is 1. The second-order valence-corrected chi connectivity index (χ2v) is 4.83. The van der Waals surface area contributed by atoms with E-state index in [0.29, 0.717) is 0 Å². The number of aromatic nitrogens is 2. The zero-order valence-corrected chi connectivity index (χ0v) is 10.8. The van der Waals surface area contributed by atoms with E-state index in [-0.39, 0.29) is 5.97 Å². The van der Waals surface area contributed by atoms with Crippen LogP contribution in [0.1, 0.15) is 49.8 Å². The average molecular weight is 236 g/mol. The molecular weight excluding hydrogens is 216 g/mol. The summed E-state index contributed by atoms with van der Waals surface area (Å²) in [5, 5.41) is 0. The highest BCUT2D eigenvalue weighted by Gasteiger charge is 2.49. The van der Waals surface area contributed by atoms with Crippen molar-refractivity contribution in [2.45, 2.75) is 51.4 Å². The Kier molecular flexibility index (Phi) is 3.22. The summed E-state index contributed by atoms with van der Waals surface area (Å²) in [6, 6.07) is 0. The Labute approximate surface area is 102 Å². The van der Waals surface area contributed by atoms with E-state index < -0.39 is 5.41 Å². The molecule has 0 saturated heterocycles. The minimum absolute atomic E-state index is 0.152.